The van der Waals surface area contributed by atoms with Crippen molar-refractivity contribution in [3.05, 3.63) is 58.6 Å². The monoisotopic (exact) mass is 338 g/mol. The lowest BCUT2D eigenvalue weighted by atomic mass is 10.2. The number of aliphatic hydroxyl groups excluding tert-OH is 1. The molecule has 0 amide bonds. The van der Waals surface area contributed by atoms with E-state index in [0.29, 0.717) is 6.61 Å². The lowest BCUT2D eigenvalue weighted by Gasteiger charge is -2.11. The first-order valence-corrected chi connectivity index (χ1v) is 7.78. The fraction of sp³-hybridized carbons (Fsp3) is 0.200. The minimum atomic E-state index is -0.0133. The molecule has 2 rings (SSSR count). The molecule has 2 nitrogen and oxygen atoms in total. The standard InChI is InChI=1S/C15H15BrO2S/c16-14-8-4-5-12(11-17)15(14)18-9-10-19-13-6-2-1-3-7-13/h1-8,17H,9-11H2. The highest BCUT2D eigenvalue weighted by atomic mass is 79.9. The number of thioether (sulfide) groups is 1. The number of para-hydroxylation sites is 1. The molecule has 4 heteroatoms. The predicted octanol–water partition coefficient (Wildman–Crippen LogP) is 4.11. The Kier molecular flexibility index (Phi) is 5.76. The highest BCUT2D eigenvalue weighted by Gasteiger charge is 2.06. The van der Waals surface area contributed by atoms with E-state index in [0.717, 1.165) is 21.5 Å². The molecular weight excluding hydrogens is 324 g/mol. The van der Waals surface area contributed by atoms with Crippen LogP contribution in [0.4, 0.5) is 0 Å². The highest BCUT2D eigenvalue weighted by Crippen LogP contribution is 2.29. The number of benzene rings is 2. The number of rotatable bonds is 6. The zero-order valence-corrected chi connectivity index (χ0v) is 12.8. The van der Waals surface area contributed by atoms with E-state index in [1.165, 1.54) is 4.90 Å². The largest absolute Gasteiger partial charge is 0.491 e. The third kappa shape index (κ3) is 4.27. The first kappa shape index (κ1) is 14.4. The van der Waals surface area contributed by atoms with E-state index in [1.54, 1.807) is 11.8 Å². The average molecular weight is 339 g/mol. The van der Waals surface area contributed by atoms with E-state index in [-0.39, 0.29) is 6.61 Å². The maximum Gasteiger partial charge on any atom is 0.139 e. The van der Waals surface area contributed by atoms with Crippen molar-refractivity contribution in [1.29, 1.82) is 0 Å². The highest BCUT2D eigenvalue weighted by molar-refractivity contribution is 9.10. The van der Waals surface area contributed by atoms with Gasteiger partial charge < -0.3 is 9.84 Å². The Hall–Kier alpha value is -0.970. The lowest BCUT2D eigenvalue weighted by Crippen LogP contribution is -2.03. The van der Waals surface area contributed by atoms with Gasteiger partial charge in [-0.2, -0.15) is 0 Å². The third-order valence-corrected chi connectivity index (χ3v) is 4.16. The van der Waals surface area contributed by atoms with E-state index in [2.05, 4.69) is 28.1 Å². The van der Waals surface area contributed by atoms with Crippen LogP contribution in [0.25, 0.3) is 0 Å². The van der Waals surface area contributed by atoms with Gasteiger partial charge >= 0.3 is 0 Å². The van der Waals surface area contributed by atoms with E-state index < -0.39 is 0 Å². The van der Waals surface area contributed by atoms with Crippen LogP contribution in [0.1, 0.15) is 5.56 Å². The van der Waals surface area contributed by atoms with Gasteiger partial charge in [-0.3, -0.25) is 0 Å². The molecule has 1 N–H and O–H groups in total. The van der Waals surface area contributed by atoms with Gasteiger partial charge in [0.05, 0.1) is 17.7 Å². The average Bonchev–Trinajstić information content (AvgIpc) is 2.46. The summed E-state index contributed by atoms with van der Waals surface area (Å²) in [5, 5.41) is 9.27. The second kappa shape index (κ2) is 7.58. The predicted molar refractivity (Wildman–Crippen MR) is 82.7 cm³/mol. The molecule has 0 aromatic heterocycles. The van der Waals surface area contributed by atoms with Gasteiger partial charge in [0.2, 0.25) is 0 Å². The number of hydrogen-bond acceptors (Lipinski definition) is 3. The first-order valence-electron chi connectivity index (χ1n) is 6.00. The number of halogens is 1. The summed E-state index contributed by atoms with van der Waals surface area (Å²) in [7, 11) is 0. The van der Waals surface area contributed by atoms with Crippen molar-refractivity contribution >= 4 is 27.7 Å². The van der Waals surface area contributed by atoms with Crippen LogP contribution in [0.3, 0.4) is 0 Å². The Balaban J connectivity index is 1.86. The maximum atomic E-state index is 9.27. The van der Waals surface area contributed by atoms with E-state index in [1.807, 2.05) is 36.4 Å². The zero-order valence-electron chi connectivity index (χ0n) is 10.4. The Bertz CT molecular complexity index is 517. The van der Waals surface area contributed by atoms with Crippen molar-refractivity contribution in [3.8, 4) is 5.75 Å². The van der Waals surface area contributed by atoms with Crippen molar-refractivity contribution in [2.24, 2.45) is 0 Å². The van der Waals surface area contributed by atoms with Crippen molar-refractivity contribution < 1.29 is 9.84 Å². The molecule has 0 fully saturated rings. The molecule has 0 atom stereocenters. The van der Waals surface area contributed by atoms with Crippen LogP contribution in [-0.2, 0) is 6.61 Å². The van der Waals surface area contributed by atoms with Crippen LogP contribution in [0.5, 0.6) is 5.75 Å². The van der Waals surface area contributed by atoms with Gasteiger partial charge in [-0.1, -0.05) is 30.3 Å². The molecule has 0 saturated heterocycles. The van der Waals surface area contributed by atoms with E-state index in [9.17, 15) is 5.11 Å². The molecule has 0 radical (unpaired) electrons. The van der Waals surface area contributed by atoms with Gasteiger partial charge in [0.25, 0.3) is 0 Å². The molecule has 0 spiro atoms. The Morgan fingerprint density at radius 1 is 1.05 bits per heavy atom. The Morgan fingerprint density at radius 2 is 1.84 bits per heavy atom. The molecule has 0 aliphatic carbocycles. The van der Waals surface area contributed by atoms with Crippen LogP contribution in [-0.4, -0.2) is 17.5 Å². The van der Waals surface area contributed by atoms with Gasteiger partial charge in [-0.25, -0.2) is 0 Å². The second-order valence-corrected chi connectivity index (χ2v) is 5.92. The van der Waals surface area contributed by atoms with Crippen LogP contribution in [0.2, 0.25) is 0 Å². The van der Waals surface area contributed by atoms with Crippen molar-refractivity contribution in [2.75, 3.05) is 12.4 Å². The van der Waals surface area contributed by atoms with Gasteiger partial charge in [0, 0.05) is 16.2 Å². The minimum absolute atomic E-state index is 0.0133. The van der Waals surface area contributed by atoms with Crippen LogP contribution in [0, 0.1) is 0 Å². The molecular formula is C15H15BrO2S. The fourth-order valence-electron chi connectivity index (χ4n) is 1.66. The van der Waals surface area contributed by atoms with E-state index in [4.69, 9.17) is 4.74 Å². The summed E-state index contributed by atoms with van der Waals surface area (Å²) in [6.45, 7) is 0.593. The molecule has 100 valence electrons. The van der Waals surface area contributed by atoms with Gasteiger partial charge in [0.1, 0.15) is 5.75 Å². The van der Waals surface area contributed by atoms with Crippen LogP contribution in [0.15, 0.2) is 57.9 Å². The van der Waals surface area contributed by atoms with Gasteiger partial charge in [-0.15, -0.1) is 11.8 Å². The number of hydrogen-bond donors (Lipinski definition) is 1. The quantitative estimate of drug-likeness (QED) is 0.634. The summed E-state index contributed by atoms with van der Waals surface area (Å²) in [5.74, 6) is 1.61. The van der Waals surface area contributed by atoms with Crippen LogP contribution >= 0.6 is 27.7 Å². The Labute approximate surface area is 125 Å². The van der Waals surface area contributed by atoms with Crippen molar-refractivity contribution in [3.63, 3.8) is 0 Å². The molecule has 19 heavy (non-hydrogen) atoms. The molecule has 0 saturated carbocycles. The lowest BCUT2D eigenvalue weighted by molar-refractivity contribution is 0.267. The van der Waals surface area contributed by atoms with Crippen molar-refractivity contribution in [2.45, 2.75) is 11.5 Å². The summed E-state index contributed by atoms with van der Waals surface area (Å²) in [5.41, 5.74) is 0.805. The molecule has 0 unspecified atom stereocenters. The molecule has 0 aliphatic heterocycles. The fourth-order valence-corrected chi connectivity index (χ4v) is 2.93. The molecule has 2 aromatic carbocycles. The molecule has 0 bridgehead atoms. The summed E-state index contributed by atoms with van der Waals surface area (Å²) >= 11 is 5.20. The van der Waals surface area contributed by atoms with Gasteiger partial charge in [0.15, 0.2) is 0 Å². The van der Waals surface area contributed by atoms with E-state index >= 15 is 0 Å². The Morgan fingerprint density at radius 3 is 2.58 bits per heavy atom. The summed E-state index contributed by atoms with van der Waals surface area (Å²) in [6, 6.07) is 15.9. The smallest absolute Gasteiger partial charge is 0.139 e. The topological polar surface area (TPSA) is 29.5 Å². The third-order valence-electron chi connectivity index (χ3n) is 2.56. The van der Waals surface area contributed by atoms with Crippen molar-refractivity contribution in [1.82, 2.24) is 0 Å². The summed E-state index contributed by atoms with van der Waals surface area (Å²) in [6.07, 6.45) is 0. The number of aliphatic hydroxyl groups is 1. The summed E-state index contributed by atoms with van der Waals surface area (Å²) in [4.78, 5) is 1.24. The zero-order chi connectivity index (χ0) is 13.5. The molecule has 2 aromatic rings. The molecule has 0 aliphatic rings. The van der Waals surface area contributed by atoms with Gasteiger partial charge in [-0.05, 0) is 34.1 Å². The first-order chi connectivity index (χ1) is 9.31. The SMILES string of the molecule is OCc1cccc(Br)c1OCCSc1ccccc1. The minimum Gasteiger partial charge on any atom is -0.491 e. The second-order valence-electron chi connectivity index (χ2n) is 3.90. The summed E-state index contributed by atoms with van der Waals surface area (Å²) < 4.78 is 6.63. The molecule has 0 heterocycles. The maximum absolute atomic E-state index is 9.27. The number of ether oxygens (including phenoxy) is 1. The van der Waals surface area contributed by atoms with Crippen LogP contribution < -0.4 is 4.74 Å². The normalized spacial score (nSPS) is 10.4.